The zero-order valence-corrected chi connectivity index (χ0v) is 16.1. The number of anilines is 3. The van der Waals surface area contributed by atoms with Crippen LogP contribution in [0.15, 0.2) is 29.1 Å². The van der Waals surface area contributed by atoms with Gasteiger partial charge in [0.1, 0.15) is 17.3 Å². The van der Waals surface area contributed by atoms with Crippen molar-refractivity contribution < 1.29 is 18.3 Å². The number of pyridine rings is 1. The minimum absolute atomic E-state index is 0.145. The molecule has 0 bridgehead atoms. The number of nitrogens with zero attached hydrogens (tertiary/aromatic N) is 1. The van der Waals surface area contributed by atoms with Gasteiger partial charge in [0.25, 0.3) is 5.56 Å². The van der Waals surface area contributed by atoms with E-state index in [0.29, 0.717) is 12.0 Å². The van der Waals surface area contributed by atoms with Crippen LogP contribution in [0.2, 0.25) is 0 Å². The number of benzene rings is 1. The molecule has 27 heavy (non-hydrogen) atoms. The van der Waals surface area contributed by atoms with Crippen LogP contribution in [-0.4, -0.2) is 26.1 Å². The zero-order valence-electron chi connectivity index (χ0n) is 15.3. The quantitative estimate of drug-likeness (QED) is 0.562. The monoisotopic (exact) mass is 396 g/mol. The van der Waals surface area contributed by atoms with Gasteiger partial charge in [0.2, 0.25) is 0 Å². The smallest absolute Gasteiger partial charge is 0.314 e. The van der Waals surface area contributed by atoms with Crippen LogP contribution in [0, 0.1) is 25.6 Å². The van der Waals surface area contributed by atoms with Crippen molar-refractivity contribution in [3.8, 4) is 0 Å². The molecule has 0 aliphatic heterocycles. The van der Waals surface area contributed by atoms with Crippen molar-refractivity contribution >= 4 is 27.6 Å². The Labute approximate surface area is 157 Å². The number of aryl methyl sites for hydroxylation is 2. The largest absolute Gasteiger partial charge is 0.396 e. The molecular formula is C18H23FN3O4S+. The lowest BCUT2D eigenvalue weighted by molar-refractivity contribution is 0.276. The lowest BCUT2D eigenvalue weighted by atomic mass is 10.2. The standard InChI is InChI=1S/C18H22FN3O4S/c1-10-4-5-14(13(19)6-10)20-17-15(7-11(2)18(24)22(17)3)21-27(25,26)16-8-12(16)9-23/h4-7,12,16,23H,8-9H2,1-3H3,(H2-,20,21,24,25,26)/p+1. The van der Waals surface area contributed by atoms with E-state index in [1.807, 2.05) is 0 Å². The molecule has 2 aromatic rings. The summed E-state index contributed by atoms with van der Waals surface area (Å²) in [6.45, 7) is 3.20. The van der Waals surface area contributed by atoms with Gasteiger partial charge in [0, 0.05) is 24.9 Å². The lowest BCUT2D eigenvalue weighted by Gasteiger charge is -2.18. The molecular weight excluding hydrogens is 373 g/mol. The average Bonchev–Trinajstić information content (AvgIpc) is 3.39. The Morgan fingerprint density at radius 3 is 2.59 bits per heavy atom. The summed E-state index contributed by atoms with van der Waals surface area (Å²) in [5.74, 6) is -0.549. The van der Waals surface area contributed by atoms with Crippen molar-refractivity contribution in [2.75, 3.05) is 16.6 Å². The summed E-state index contributed by atoms with van der Waals surface area (Å²) in [7, 11) is -1.99. The van der Waals surface area contributed by atoms with Gasteiger partial charge in [-0.1, -0.05) is 6.07 Å². The summed E-state index contributed by atoms with van der Waals surface area (Å²) >= 11 is 0. The topological polar surface area (TPSA) is 104 Å². The second kappa shape index (κ2) is 7.06. The van der Waals surface area contributed by atoms with Gasteiger partial charge in [-0.05, 0) is 41.8 Å². The molecule has 1 aromatic heterocycles. The number of hydrogen-bond acceptors (Lipinski definition) is 4. The fourth-order valence-corrected chi connectivity index (χ4v) is 4.75. The third kappa shape index (κ3) is 3.90. The van der Waals surface area contributed by atoms with Gasteiger partial charge in [-0.3, -0.25) is 9.36 Å². The average molecular weight is 396 g/mol. The minimum Gasteiger partial charge on any atom is -0.396 e. The molecule has 1 heterocycles. The van der Waals surface area contributed by atoms with Gasteiger partial charge in [-0.15, -0.1) is 0 Å². The normalized spacial score (nSPS) is 20.8. The van der Waals surface area contributed by atoms with Crippen molar-refractivity contribution in [3.63, 3.8) is 0 Å². The summed E-state index contributed by atoms with van der Waals surface area (Å²) in [5, 5.41) is 11.5. The van der Waals surface area contributed by atoms with Gasteiger partial charge >= 0.3 is 10.4 Å². The van der Waals surface area contributed by atoms with Crippen molar-refractivity contribution in [1.82, 2.24) is 4.57 Å². The molecule has 0 amide bonds. The SMILES string of the molecule is Cc1ccc(Nc2c(N[S+](=O)(O)C3CC3CO)cc(C)c(=O)n2C)c(F)c1. The molecule has 1 fully saturated rings. The Hall–Kier alpha value is -2.23. The van der Waals surface area contributed by atoms with Gasteiger partial charge in [0.05, 0.1) is 12.3 Å². The molecule has 0 saturated heterocycles. The van der Waals surface area contributed by atoms with Crippen LogP contribution in [0.4, 0.5) is 21.6 Å². The summed E-state index contributed by atoms with van der Waals surface area (Å²) in [6.07, 6.45) is 0.443. The minimum atomic E-state index is -3.49. The highest BCUT2D eigenvalue weighted by Gasteiger charge is 2.56. The fourth-order valence-electron chi connectivity index (χ4n) is 3.01. The Kier molecular flexibility index (Phi) is 5.11. The van der Waals surface area contributed by atoms with Crippen molar-refractivity contribution in [1.29, 1.82) is 0 Å². The van der Waals surface area contributed by atoms with Gasteiger partial charge in [0.15, 0.2) is 5.25 Å². The maximum atomic E-state index is 14.2. The molecule has 3 unspecified atom stereocenters. The first-order valence-electron chi connectivity index (χ1n) is 8.52. The van der Waals surface area contributed by atoms with Gasteiger partial charge in [-0.2, -0.15) is 9.27 Å². The first-order chi connectivity index (χ1) is 12.6. The number of aromatic nitrogens is 1. The molecule has 1 saturated carbocycles. The molecule has 1 aromatic carbocycles. The Balaban J connectivity index is 2.01. The van der Waals surface area contributed by atoms with Crippen LogP contribution in [0.5, 0.6) is 0 Å². The maximum absolute atomic E-state index is 14.2. The van der Waals surface area contributed by atoms with Crippen LogP contribution >= 0.6 is 0 Å². The van der Waals surface area contributed by atoms with Crippen LogP contribution in [0.25, 0.3) is 0 Å². The summed E-state index contributed by atoms with van der Waals surface area (Å²) in [5.41, 5.74) is 1.17. The van der Waals surface area contributed by atoms with Crippen molar-refractivity contribution in [2.24, 2.45) is 13.0 Å². The highest BCUT2D eigenvalue weighted by atomic mass is 32.3. The lowest BCUT2D eigenvalue weighted by Crippen LogP contribution is -2.30. The molecule has 146 valence electrons. The number of aliphatic hydroxyl groups is 1. The maximum Gasteiger partial charge on any atom is 0.314 e. The highest BCUT2D eigenvalue weighted by Crippen LogP contribution is 2.41. The van der Waals surface area contributed by atoms with Crippen LogP contribution < -0.4 is 15.6 Å². The summed E-state index contributed by atoms with van der Waals surface area (Å²) < 4.78 is 41.1. The van der Waals surface area contributed by atoms with E-state index in [1.54, 1.807) is 19.9 Å². The van der Waals surface area contributed by atoms with Crippen LogP contribution in [0.3, 0.4) is 0 Å². The van der Waals surface area contributed by atoms with E-state index in [4.69, 9.17) is 5.11 Å². The molecule has 1 aliphatic carbocycles. The molecule has 3 rings (SSSR count). The molecule has 1 aliphatic rings. The molecule has 4 N–H and O–H groups in total. The zero-order chi connectivity index (χ0) is 19.9. The first-order valence-corrected chi connectivity index (χ1v) is 10.1. The first kappa shape index (κ1) is 19.5. The Morgan fingerprint density at radius 2 is 2.00 bits per heavy atom. The second-order valence-corrected chi connectivity index (χ2v) is 8.90. The molecule has 9 heteroatoms. The fraction of sp³-hybridized carbons (Fsp3) is 0.389. The summed E-state index contributed by atoms with van der Waals surface area (Å²) in [4.78, 5) is 12.3. The van der Waals surface area contributed by atoms with Crippen LogP contribution in [0.1, 0.15) is 17.5 Å². The van der Waals surface area contributed by atoms with E-state index in [0.717, 1.165) is 5.56 Å². The van der Waals surface area contributed by atoms with E-state index in [2.05, 4.69) is 10.0 Å². The third-order valence-electron chi connectivity index (χ3n) is 4.73. The van der Waals surface area contributed by atoms with E-state index >= 15 is 0 Å². The van der Waals surface area contributed by atoms with E-state index < -0.39 is 21.5 Å². The van der Waals surface area contributed by atoms with E-state index in [1.165, 1.54) is 29.8 Å². The molecule has 3 atom stereocenters. The van der Waals surface area contributed by atoms with Crippen molar-refractivity contribution in [3.05, 3.63) is 51.6 Å². The van der Waals surface area contributed by atoms with Crippen molar-refractivity contribution in [2.45, 2.75) is 25.5 Å². The second-order valence-electron chi connectivity index (χ2n) is 6.95. The van der Waals surface area contributed by atoms with Gasteiger partial charge < -0.3 is 10.4 Å². The number of halogens is 1. The predicted octanol–water partition coefficient (Wildman–Crippen LogP) is 2.57. The predicted molar refractivity (Wildman–Crippen MR) is 104 cm³/mol. The van der Waals surface area contributed by atoms with E-state index in [-0.39, 0.29) is 35.3 Å². The number of rotatable bonds is 6. The van der Waals surface area contributed by atoms with Crippen LogP contribution in [-0.2, 0) is 21.7 Å². The Bertz CT molecular complexity index is 991. The molecule has 0 radical (unpaired) electrons. The number of hydrogen-bond donors (Lipinski definition) is 4. The highest BCUT2D eigenvalue weighted by molar-refractivity contribution is 7.99. The van der Waals surface area contributed by atoms with Gasteiger partial charge in [-0.25, -0.2) is 4.39 Å². The number of aliphatic hydroxyl groups excluding tert-OH is 1. The molecule has 7 nitrogen and oxygen atoms in total. The Morgan fingerprint density at radius 1 is 1.30 bits per heavy atom. The molecule has 0 spiro atoms. The number of nitrogens with one attached hydrogen (secondary N) is 2. The summed E-state index contributed by atoms with van der Waals surface area (Å²) in [6, 6.07) is 6.07. The van der Waals surface area contributed by atoms with E-state index in [9.17, 15) is 17.9 Å². The third-order valence-corrected chi connectivity index (χ3v) is 6.64.